The molecule has 0 amide bonds. The van der Waals surface area contributed by atoms with Crippen molar-refractivity contribution in [3.63, 3.8) is 0 Å². The number of hydrogen-bond donors (Lipinski definition) is 0. The molecule has 2 heterocycles. The lowest BCUT2D eigenvalue weighted by atomic mass is 10.0. The van der Waals surface area contributed by atoms with Crippen molar-refractivity contribution in [2.45, 2.75) is 45.1 Å². The first kappa shape index (κ1) is 10.3. The van der Waals surface area contributed by atoms with Gasteiger partial charge in [-0.05, 0) is 18.1 Å². The van der Waals surface area contributed by atoms with Crippen LogP contribution in [0.25, 0.3) is 0 Å². The zero-order valence-corrected chi connectivity index (χ0v) is 8.99. The third-order valence-corrected chi connectivity index (χ3v) is 2.74. The zero-order chi connectivity index (χ0) is 10.7. The first-order valence-electron chi connectivity index (χ1n) is 5.54. The summed E-state index contributed by atoms with van der Waals surface area (Å²) >= 11 is 0. The van der Waals surface area contributed by atoms with E-state index in [1.54, 1.807) is 6.26 Å². The molecule has 1 unspecified atom stereocenters. The van der Waals surface area contributed by atoms with E-state index in [9.17, 15) is 4.79 Å². The van der Waals surface area contributed by atoms with Crippen molar-refractivity contribution in [3.8, 4) is 0 Å². The second kappa shape index (κ2) is 4.51. The molecule has 0 saturated carbocycles. The maximum absolute atomic E-state index is 10.6. The van der Waals surface area contributed by atoms with Crippen molar-refractivity contribution < 1.29 is 13.9 Å². The van der Waals surface area contributed by atoms with Gasteiger partial charge < -0.3 is 9.15 Å². The van der Waals surface area contributed by atoms with Crippen LogP contribution in [0.3, 0.4) is 0 Å². The highest BCUT2D eigenvalue weighted by Gasteiger charge is 2.29. The van der Waals surface area contributed by atoms with Crippen LogP contribution in [0.2, 0.25) is 0 Å². The van der Waals surface area contributed by atoms with Crippen molar-refractivity contribution >= 4 is 5.97 Å². The summed E-state index contributed by atoms with van der Waals surface area (Å²) in [5.41, 5.74) is 1.20. The van der Waals surface area contributed by atoms with E-state index in [0.29, 0.717) is 6.42 Å². The second-order valence-corrected chi connectivity index (χ2v) is 3.99. The molecule has 3 heteroatoms. The van der Waals surface area contributed by atoms with E-state index >= 15 is 0 Å². The number of furan rings is 1. The van der Waals surface area contributed by atoms with Crippen LogP contribution in [0.15, 0.2) is 16.7 Å². The molecule has 1 saturated heterocycles. The minimum Gasteiger partial charge on any atom is -0.469 e. The van der Waals surface area contributed by atoms with E-state index in [4.69, 9.17) is 9.15 Å². The van der Waals surface area contributed by atoms with Gasteiger partial charge in [-0.1, -0.05) is 13.3 Å². The molecule has 0 spiro atoms. The number of hydrogen-bond acceptors (Lipinski definition) is 3. The topological polar surface area (TPSA) is 39.4 Å². The summed E-state index contributed by atoms with van der Waals surface area (Å²) in [5, 5.41) is 0. The number of aryl methyl sites for hydroxylation is 1. The predicted molar refractivity (Wildman–Crippen MR) is 55.5 cm³/mol. The zero-order valence-electron chi connectivity index (χ0n) is 8.99. The standard InChI is InChI=1S/C12H16O3/c1-2-3-4-11-9(5-6-14-11)7-10-8-12(13)15-10/h5-6,10H,2-4,7-8H2,1H3. The van der Waals surface area contributed by atoms with Crippen LogP contribution in [0.1, 0.15) is 37.5 Å². The molecular formula is C12H16O3. The maximum atomic E-state index is 10.6. The Morgan fingerprint density at radius 1 is 1.53 bits per heavy atom. The first-order chi connectivity index (χ1) is 7.29. The summed E-state index contributed by atoms with van der Waals surface area (Å²) in [6, 6.07) is 1.98. The normalized spacial score (nSPS) is 19.8. The minimum absolute atomic E-state index is 0.0791. The van der Waals surface area contributed by atoms with Crippen molar-refractivity contribution in [2.75, 3.05) is 0 Å². The van der Waals surface area contributed by atoms with Gasteiger partial charge in [0.25, 0.3) is 0 Å². The summed E-state index contributed by atoms with van der Waals surface area (Å²) in [4.78, 5) is 10.6. The number of carbonyl (C=O) groups excluding carboxylic acids is 1. The molecule has 1 aliphatic rings. The average molecular weight is 208 g/mol. The number of rotatable bonds is 5. The lowest BCUT2D eigenvalue weighted by molar-refractivity contribution is -0.169. The van der Waals surface area contributed by atoms with Crippen LogP contribution >= 0.6 is 0 Å². The molecule has 0 radical (unpaired) electrons. The SMILES string of the molecule is CCCCc1occc1CC1CC(=O)O1. The fourth-order valence-corrected chi connectivity index (χ4v) is 1.83. The second-order valence-electron chi connectivity index (χ2n) is 3.99. The molecule has 1 aliphatic heterocycles. The van der Waals surface area contributed by atoms with E-state index in [1.165, 1.54) is 12.0 Å². The van der Waals surface area contributed by atoms with Crippen LogP contribution in [0.5, 0.6) is 0 Å². The molecule has 1 fully saturated rings. The molecule has 1 aromatic rings. The van der Waals surface area contributed by atoms with Gasteiger partial charge in [0.05, 0.1) is 12.7 Å². The number of cyclic esters (lactones) is 1. The monoisotopic (exact) mass is 208 g/mol. The average Bonchev–Trinajstić information content (AvgIpc) is 2.60. The highest BCUT2D eigenvalue weighted by atomic mass is 16.6. The van der Waals surface area contributed by atoms with E-state index in [1.807, 2.05) is 6.07 Å². The Morgan fingerprint density at radius 3 is 3.00 bits per heavy atom. The summed E-state index contributed by atoms with van der Waals surface area (Å²) < 4.78 is 10.4. The lowest BCUT2D eigenvalue weighted by Gasteiger charge is -2.25. The molecule has 1 aromatic heterocycles. The van der Waals surface area contributed by atoms with E-state index in [0.717, 1.165) is 25.0 Å². The molecule has 0 aliphatic carbocycles. The Morgan fingerprint density at radius 2 is 2.33 bits per heavy atom. The van der Waals surface area contributed by atoms with Gasteiger partial charge in [-0.25, -0.2) is 0 Å². The van der Waals surface area contributed by atoms with Crippen LogP contribution < -0.4 is 0 Å². The van der Waals surface area contributed by atoms with Gasteiger partial charge in [0.2, 0.25) is 0 Å². The first-order valence-corrected chi connectivity index (χ1v) is 5.54. The van der Waals surface area contributed by atoms with Gasteiger partial charge in [0.1, 0.15) is 11.9 Å². The van der Waals surface area contributed by atoms with Crippen molar-refractivity contribution in [2.24, 2.45) is 0 Å². The van der Waals surface area contributed by atoms with Crippen LogP contribution in [0.4, 0.5) is 0 Å². The van der Waals surface area contributed by atoms with Gasteiger partial charge in [-0.15, -0.1) is 0 Å². The smallest absolute Gasteiger partial charge is 0.309 e. The Hall–Kier alpha value is -1.25. The molecule has 15 heavy (non-hydrogen) atoms. The largest absolute Gasteiger partial charge is 0.469 e. The molecule has 0 bridgehead atoms. The van der Waals surface area contributed by atoms with E-state index in [2.05, 4.69) is 6.92 Å². The highest BCUT2D eigenvalue weighted by molar-refractivity contribution is 5.75. The van der Waals surface area contributed by atoms with Crippen molar-refractivity contribution in [3.05, 3.63) is 23.7 Å². The van der Waals surface area contributed by atoms with E-state index < -0.39 is 0 Å². The summed E-state index contributed by atoms with van der Waals surface area (Å²) in [6.45, 7) is 2.16. The fraction of sp³-hybridized carbons (Fsp3) is 0.583. The fourth-order valence-electron chi connectivity index (χ4n) is 1.83. The van der Waals surface area contributed by atoms with Gasteiger partial charge >= 0.3 is 5.97 Å². The molecule has 0 aromatic carbocycles. The number of ether oxygens (including phenoxy) is 1. The minimum atomic E-state index is -0.0846. The molecule has 82 valence electrons. The molecule has 0 N–H and O–H groups in total. The van der Waals surface area contributed by atoms with Gasteiger partial charge in [0, 0.05) is 12.8 Å². The number of esters is 1. The number of unbranched alkanes of at least 4 members (excludes halogenated alkanes) is 1. The Balaban J connectivity index is 1.89. The highest BCUT2D eigenvalue weighted by Crippen LogP contribution is 2.22. The summed E-state index contributed by atoms with van der Waals surface area (Å²) in [5.74, 6) is 0.971. The van der Waals surface area contributed by atoms with Crippen molar-refractivity contribution in [1.82, 2.24) is 0 Å². The van der Waals surface area contributed by atoms with Crippen LogP contribution in [-0.2, 0) is 22.4 Å². The van der Waals surface area contributed by atoms with Gasteiger partial charge in [-0.2, -0.15) is 0 Å². The summed E-state index contributed by atoms with van der Waals surface area (Å²) in [6.07, 6.45) is 6.46. The molecule has 2 rings (SSSR count). The van der Waals surface area contributed by atoms with Crippen LogP contribution in [0, 0.1) is 0 Å². The van der Waals surface area contributed by atoms with E-state index in [-0.39, 0.29) is 12.1 Å². The predicted octanol–water partition coefficient (Wildman–Crippen LogP) is 2.48. The van der Waals surface area contributed by atoms with Gasteiger partial charge in [0.15, 0.2) is 0 Å². The molecule has 3 nitrogen and oxygen atoms in total. The molecular weight excluding hydrogens is 192 g/mol. The Kier molecular flexibility index (Phi) is 3.09. The third kappa shape index (κ3) is 2.41. The maximum Gasteiger partial charge on any atom is 0.309 e. The summed E-state index contributed by atoms with van der Waals surface area (Å²) in [7, 11) is 0. The quantitative estimate of drug-likeness (QED) is 0.698. The molecule has 1 atom stereocenters. The Bertz CT molecular complexity index is 332. The van der Waals surface area contributed by atoms with Crippen LogP contribution in [-0.4, -0.2) is 12.1 Å². The number of carbonyl (C=O) groups is 1. The lowest BCUT2D eigenvalue weighted by Crippen LogP contribution is -2.34. The third-order valence-electron chi connectivity index (χ3n) is 2.74. The van der Waals surface area contributed by atoms with Gasteiger partial charge in [-0.3, -0.25) is 4.79 Å². The Labute approximate surface area is 89.4 Å². The van der Waals surface area contributed by atoms with Crippen molar-refractivity contribution in [1.29, 1.82) is 0 Å².